The van der Waals surface area contributed by atoms with Crippen LogP contribution in [0, 0.1) is 27.2 Å². The van der Waals surface area contributed by atoms with Crippen molar-refractivity contribution in [2.24, 2.45) is 0 Å². The van der Waals surface area contributed by atoms with E-state index in [0.717, 1.165) is 0 Å². The number of hydrogen-bond donors (Lipinski definition) is 1. The first-order valence-electron chi connectivity index (χ1n) is 7.35. The van der Waals surface area contributed by atoms with Crippen LogP contribution in [0.3, 0.4) is 0 Å². The van der Waals surface area contributed by atoms with Crippen molar-refractivity contribution in [3.05, 3.63) is 72.2 Å². The maximum absolute atomic E-state index is 12.1. The second kappa shape index (κ2) is 8.36. The molecule has 0 aliphatic carbocycles. The van der Waals surface area contributed by atoms with Crippen molar-refractivity contribution in [2.75, 3.05) is 11.9 Å². The number of amides is 1. The van der Waals surface area contributed by atoms with E-state index < -0.39 is 28.3 Å². The number of esters is 1. The molecule has 2 aromatic carbocycles. The van der Waals surface area contributed by atoms with Gasteiger partial charge in [0.2, 0.25) is 0 Å². The van der Waals surface area contributed by atoms with Crippen LogP contribution in [0.4, 0.5) is 17.1 Å². The normalized spacial score (nSPS) is 10.1. The third kappa shape index (κ3) is 4.85. The van der Waals surface area contributed by atoms with Crippen LogP contribution in [0.15, 0.2) is 40.9 Å². The number of hydrogen-bond acceptors (Lipinski definition) is 7. The molecule has 140 valence electrons. The van der Waals surface area contributed by atoms with Gasteiger partial charge in [0, 0.05) is 28.2 Å². The number of ether oxygens (including phenoxy) is 1. The second-order valence-corrected chi connectivity index (χ2v) is 6.11. The van der Waals surface area contributed by atoms with Crippen LogP contribution in [0.25, 0.3) is 0 Å². The van der Waals surface area contributed by atoms with Crippen molar-refractivity contribution >= 4 is 44.9 Å². The Morgan fingerprint density at radius 2 is 1.85 bits per heavy atom. The number of benzene rings is 2. The number of nitro groups is 2. The Hall–Kier alpha value is -3.34. The van der Waals surface area contributed by atoms with E-state index in [0.29, 0.717) is 0 Å². The van der Waals surface area contributed by atoms with E-state index in [-0.39, 0.29) is 32.7 Å². The van der Waals surface area contributed by atoms with Gasteiger partial charge in [-0.05, 0) is 35.0 Å². The van der Waals surface area contributed by atoms with Crippen molar-refractivity contribution in [3.8, 4) is 0 Å². The van der Waals surface area contributed by atoms with Gasteiger partial charge in [-0.2, -0.15) is 0 Å². The summed E-state index contributed by atoms with van der Waals surface area (Å²) in [5, 5.41) is 24.0. The smallest absolute Gasteiger partial charge is 0.339 e. The molecule has 2 rings (SSSR count). The molecule has 0 saturated carbocycles. The summed E-state index contributed by atoms with van der Waals surface area (Å²) in [5.41, 5.74) is -0.0242. The number of nitrogens with zero attached hydrogens (tertiary/aromatic N) is 2. The zero-order chi connectivity index (χ0) is 20.1. The molecule has 0 saturated heterocycles. The number of carbonyl (C=O) groups excluding carboxylic acids is 2. The Balaban J connectivity index is 2.02. The summed E-state index contributed by atoms with van der Waals surface area (Å²) in [6.07, 6.45) is 0. The van der Waals surface area contributed by atoms with E-state index in [1.165, 1.54) is 43.3 Å². The third-order valence-corrected chi connectivity index (χ3v) is 4.15. The molecular formula is C16H12BrN3O7. The molecule has 0 aliphatic rings. The number of nitrogens with one attached hydrogen (secondary N) is 1. The van der Waals surface area contributed by atoms with Crippen LogP contribution >= 0.6 is 15.9 Å². The van der Waals surface area contributed by atoms with Crippen molar-refractivity contribution < 1.29 is 24.2 Å². The number of nitro benzene ring substituents is 2. The highest BCUT2D eigenvalue weighted by molar-refractivity contribution is 9.10. The van der Waals surface area contributed by atoms with Crippen LogP contribution in [0.1, 0.15) is 15.9 Å². The highest BCUT2D eigenvalue weighted by atomic mass is 79.9. The molecule has 11 heteroatoms. The van der Waals surface area contributed by atoms with Crippen molar-refractivity contribution in [3.63, 3.8) is 0 Å². The van der Waals surface area contributed by atoms with E-state index >= 15 is 0 Å². The SMILES string of the molecule is Cc1c(C(=O)OCC(=O)Nc2ccc([N+](=O)[O-])cc2Br)cccc1[N+](=O)[O-]. The van der Waals surface area contributed by atoms with Gasteiger partial charge in [0.25, 0.3) is 17.3 Å². The first-order valence-corrected chi connectivity index (χ1v) is 8.15. The van der Waals surface area contributed by atoms with Crippen LogP contribution in [0.2, 0.25) is 0 Å². The summed E-state index contributed by atoms with van der Waals surface area (Å²) in [6, 6.07) is 7.70. The van der Waals surface area contributed by atoms with Gasteiger partial charge in [0.15, 0.2) is 6.61 Å². The van der Waals surface area contributed by atoms with E-state index in [1.807, 2.05) is 0 Å². The third-order valence-electron chi connectivity index (χ3n) is 3.49. The monoisotopic (exact) mass is 437 g/mol. The first kappa shape index (κ1) is 20.0. The number of rotatable bonds is 6. The minimum Gasteiger partial charge on any atom is -0.452 e. The Bertz CT molecular complexity index is 946. The summed E-state index contributed by atoms with van der Waals surface area (Å²) in [5.74, 6) is -1.56. The van der Waals surface area contributed by atoms with Crippen molar-refractivity contribution in [2.45, 2.75) is 6.92 Å². The Labute approximate surface area is 160 Å². The molecule has 0 spiro atoms. The molecule has 1 amide bonds. The van der Waals surface area contributed by atoms with E-state index in [4.69, 9.17) is 4.74 Å². The number of halogens is 1. The zero-order valence-electron chi connectivity index (χ0n) is 13.8. The summed E-state index contributed by atoms with van der Waals surface area (Å²) in [4.78, 5) is 44.4. The molecule has 0 aliphatic heterocycles. The molecule has 0 unspecified atom stereocenters. The van der Waals surface area contributed by atoms with Gasteiger partial charge in [0.1, 0.15) is 0 Å². The van der Waals surface area contributed by atoms with Gasteiger partial charge >= 0.3 is 5.97 Å². The van der Waals surface area contributed by atoms with Gasteiger partial charge in [-0.3, -0.25) is 25.0 Å². The predicted molar refractivity (Wildman–Crippen MR) is 97.5 cm³/mol. The lowest BCUT2D eigenvalue weighted by Gasteiger charge is -2.09. The molecule has 10 nitrogen and oxygen atoms in total. The Morgan fingerprint density at radius 3 is 2.44 bits per heavy atom. The fraction of sp³-hybridized carbons (Fsp3) is 0.125. The Kier molecular flexibility index (Phi) is 6.19. The quantitative estimate of drug-likeness (QED) is 0.414. The fourth-order valence-corrected chi connectivity index (χ4v) is 2.62. The van der Waals surface area contributed by atoms with Crippen LogP contribution in [0.5, 0.6) is 0 Å². The molecule has 0 atom stereocenters. The average molecular weight is 438 g/mol. The fourth-order valence-electron chi connectivity index (χ4n) is 2.16. The maximum atomic E-state index is 12.1. The van der Waals surface area contributed by atoms with Crippen LogP contribution in [-0.4, -0.2) is 28.3 Å². The van der Waals surface area contributed by atoms with Gasteiger partial charge in [-0.1, -0.05) is 6.07 Å². The highest BCUT2D eigenvalue weighted by Gasteiger charge is 2.20. The highest BCUT2D eigenvalue weighted by Crippen LogP contribution is 2.27. The molecule has 0 radical (unpaired) electrons. The number of anilines is 1. The van der Waals surface area contributed by atoms with Gasteiger partial charge in [-0.15, -0.1) is 0 Å². The standard InChI is InChI=1S/C16H12BrN3O7/c1-9-11(3-2-4-14(9)20(25)26)16(22)27-8-15(21)18-13-6-5-10(19(23)24)7-12(13)17/h2-7H,8H2,1H3,(H,18,21). The van der Waals surface area contributed by atoms with Crippen molar-refractivity contribution in [1.29, 1.82) is 0 Å². The molecule has 27 heavy (non-hydrogen) atoms. The van der Waals surface area contributed by atoms with Crippen LogP contribution < -0.4 is 5.32 Å². The number of carbonyl (C=O) groups is 2. The Morgan fingerprint density at radius 1 is 1.15 bits per heavy atom. The summed E-state index contributed by atoms with van der Waals surface area (Å²) in [6.45, 7) is 0.771. The molecule has 0 fully saturated rings. The maximum Gasteiger partial charge on any atom is 0.339 e. The molecule has 2 aromatic rings. The van der Waals surface area contributed by atoms with Crippen molar-refractivity contribution in [1.82, 2.24) is 0 Å². The second-order valence-electron chi connectivity index (χ2n) is 5.25. The lowest BCUT2D eigenvalue weighted by molar-refractivity contribution is -0.385. The van der Waals surface area contributed by atoms with Crippen LogP contribution in [-0.2, 0) is 9.53 Å². The van der Waals surface area contributed by atoms with Gasteiger partial charge in [0.05, 0.1) is 21.1 Å². The minimum absolute atomic E-state index is 0.0199. The van der Waals surface area contributed by atoms with E-state index in [1.54, 1.807) is 0 Å². The predicted octanol–water partition coefficient (Wildman–Crippen LogP) is 3.37. The summed E-state index contributed by atoms with van der Waals surface area (Å²) in [7, 11) is 0. The average Bonchev–Trinajstić information content (AvgIpc) is 2.61. The van der Waals surface area contributed by atoms with Gasteiger partial charge < -0.3 is 10.1 Å². The number of non-ortho nitro benzene ring substituents is 1. The lowest BCUT2D eigenvalue weighted by Crippen LogP contribution is -2.21. The topological polar surface area (TPSA) is 142 Å². The lowest BCUT2D eigenvalue weighted by atomic mass is 10.1. The van der Waals surface area contributed by atoms with E-state index in [2.05, 4.69) is 21.2 Å². The zero-order valence-corrected chi connectivity index (χ0v) is 15.4. The summed E-state index contributed by atoms with van der Waals surface area (Å²) >= 11 is 3.10. The van der Waals surface area contributed by atoms with Gasteiger partial charge in [-0.25, -0.2) is 4.79 Å². The molecule has 0 bridgehead atoms. The molecule has 1 N–H and O–H groups in total. The van der Waals surface area contributed by atoms with E-state index in [9.17, 15) is 29.8 Å². The summed E-state index contributed by atoms with van der Waals surface area (Å²) < 4.78 is 5.17. The molecule has 0 aromatic heterocycles. The first-order chi connectivity index (χ1) is 12.7. The molecular weight excluding hydrogens is 426 g/mol. The largest absolute Gasteiger partial charge is 0.452 e. The molecule has 0 heterocycles. The minimum atomic E-state index is -0.880.